The SMILES string of the molecule is C=C(C)COc1ccc(C(C)=O)cc1NC(=O)c1ccccc1C. The lowest BCUT2D eigenvalue weighted by atomic mass is 10.1. The van der Waals surface area contributed by atoms with Gasteiger partial charge in [0, 0.05) is 11.1 Å². The number of nitrogens with one attached hydrogen (secondary N) is 1. The van der Waals surface area contributed by atoms with E-state index in [1.165, 1.54) is 6.92 Å². The maximum Gasteiger partial charge on any atom is 0.256 e. The highest BCUT2D eigenvalue weighted by Gasteiger charge is 2.14. The van der Waals surface area contributed by atoms with Crippen LogP contribution in [0.5, 0.6) is 5.75 Å². The Morgan fingerprint density at radius 3 is 2.46 bits per heavy atom. The minimum absolute atomic E-state index is 0.0761. The lowest BCUT2D eigenvalue weighted by molar-refractivity contribution is 0.101. The van der Waals surface area contributed by atoms with E-state index in [1.807, 2.05) is 32.0 Å². The molecule has 0 unspecified atom stereocenters. The zero-order valence-electron chi connectivity index (χ0n) is 14.2. The third-order valence-corrected chi connectivity index (χ3v) is 3.50. The molecule has 0 aliphatic carbocycles. The molecule has 0 saturated carbocycles. The van der Waals surface area contributed by atoms with Gasteiger partial charge in [-0.15, -0.1) is 0 Å². The van der Waals surface area contributed by atoms with Crippen LogP contribution in [0.3, 0.4) is 0 Å². The minimum atomic E-state index is -0.242. The van der Waals surface area contributed by atoms with Gasteiger partial charge in [0.15, 0.2) is 5.78 Å². The topological polar surface area (TPSA) is 55.4 Å². The summed E-state index contributed by atoms with van der Waals surface area (Å²) in [7, 11) is 0. The van der Waals surface area contributed by atoms with Crippen molar-refractivity contribution in [1.82, 2.24) is 0 Å². The first kappa shape index (κ1) is 17.5. The third kappa shape index (κ3) is 4.32. The van der Waals surface area contributed by atoms with Gasteiger partial charge in [0.1, 0.15) is 12.4 Å². The van der Waals surface area contributed by atoms with Crippen LogP contribution < -0.4 is 10.1 Å². The summed E-state index contributed by atoms with van der Waals surface area (Å²) in [6, 6.07) is 12.3. The Balaban J connectivity index is 2.33. The number of ketones is 1. The van der Waals surface area contributed by atoms with E-state index in [4.69, 9.17) is 4.74 Å². The van der Waals surface area contributed by atoms with Gasteiger partial charge in [-0.05, 0) is 56.2 Å². The average Bonchev–Trinajstić information content (AvgIpc) is 2.53. The van der Waals surface area contributed by atoms with Crippen LogP contribution in [0, 0.1) is 6.92 Å². The van der Waals surface area contributed by atoms with Crippen molar-refractivity contribution in [3.05, 3.63) is 71.3 Å². The molecule has 1 N–H and O–H groups in total. The molecular weight excluding hydrogens is 302 g/mol. The van der Waals surface area contributed by atoms with Crippen LogP contribution in [-0.2, 0) is 0 Å². The van der Waals surface area contributed by atoms with Crippen LogP contribution in [0.15, 0.2) is 54.6 Å². The Morgan fingerprint density at radius 2 is 1.83 bits per heavy atom. The number of carbonyl (C=O) groups excluding carboxylic acids is 2. The summed E-state index contributed by atoms with van der Waals surface area (Å²) in [6.07, 6.45) is 0. The van der Waals surface area contributed by atoms with Gasteiger partial charge in [-0.1, -0.05) is 24.8 Å². The predicted octanol–water partition coefficient (Wildman–Crippen LogP) is 4.40. The quantitative estimate of drug-likeness (QED) is 0.633. The fourth-order valence-corrected chi connectivity index (χ4v) is 2.19. The molecule has 124 valence electrons. The zero-order valence-corrected chi connectivity index (χ0v) is 14.2. The van der Waals surface area contributed by atoms with Gasteiger partial charge in [0.05, 0.1) is 5.69 Å². The normalized spacial score (nSPS) is 10.1. The monoisotopic (exact) mass is 323 g/mol. The molecule has 0 bridgehead atoms. The van der Waals surface area contributed by atoms with Crippen LogP contribution in [0.2, 0.25) is 0 Å². The number of ether oxygens (including phenoxy) is 1. The largest absolute Gasteiger partial charge is 0.487 e. The lowest BCUT2D eigenvalue weighted by Crippen LogP contribution is -2.15. The van der Waals surface area contributed by atoms with E-state index in [0.717, 1.165) is 11.1 Å². The molecule has 0 aromatic heterocycles. The molecule has 24 heavy (non-hydrogen) atoms. The second kappa shape index (κ2) is 7.59. The molecule has 0 aliphatic rings. The van der Waals surface area contributed by atoms with Gasteiger partial charge in [0.2, 0.25) is 0 Å². The number of Topliss-reactive ketones (excluding diaryl/α,β-unsaturated/α-hetero) is 1. The van der Waals surface area contributed by atoms with Gasteiger partial charge in [-0.3, -0.25) is 9.59 Å². The number of benzene rings is 2. The Hall–Kier alpha value is -2.88. The molecule has 0 radical (unpaired) electrons. The van der Waals surface area contributed by atoms with E-state index >= 15 is 0 Å². The van der Waals surface area contributed by atoms with Crippen molar-refractivity contribution in [2.45, 2.75) is 20.8 Å². The molecule has 0 fully saturated rings. The van der Waals surface area contributed by atoms with Gasteiger partial charge in [0.25, 0.3) is 5.91 Å². The van der Waals surface area contributed by atoms with Crippen molar-refractivity contribution in [3.63, 3.8) is 0 Å². The van der Waals surface area contributed by atoms with Crippen LogP contribution in [-0.4, -0.2) is 18.3 Å². The molecule has 0 atom stereocenters. The highest BCUT2D eigenvalue weighted by Crippen LogP contribution is 2.27. The van der Waals surface area contributed by atoms with Gasteiger partial charge in [-0.25, -0.2) is 0 Å². The minimum Gasteiger partial charge on any atom is -0.487 e. The van der Waals surface area contributed by atoms with Gasteiger partial charge in [-0.2, -0.15) is 0 Å². The van der Waals surface area contributed by atoms with Crippen LogP contribution in [0.4, 0.5) is 5.69 Å². The number of anilines is 1. The Kier molecular flexibility index (Phi) is 5.53. The average molecular weight is 323 g/mol. The fraction of sp³-hybridized carbons (Fsp3) is 0.200. The Bertz CT molecular complexity index is 793. The molecule has 0 heterocycles. The molecule has 0 aliphatic heterocycles. The molecule has 2 aromatic rings. The Morgan fingerprint density at radius 1 is 1.12 bits per heavy atom. The van der Waals surface area contributed by atoms with Crippen molar-refractivity contribution >= 4 is 17.4 Å². The first-order valence-electron chi connectivity index (χ1n) is 7.67. The Labute approximate surface area is 142 Å². The molecule has 2 aromatic carbocycles. The number of amides is 1. The molecule has 2 rings (SSSR count). The highest BCUT2D eigenvalue weighted by molar-refractivity contribution is 6.06. The summed E-state index contributed by atoms with van der Waals surface area (Å²) >= 11 is 0. The second-order valence-electron chi connectivity index (χ2n) is 5.78. The van der Waals surface area contributed by atoms with E-state index in [1.54, 1.807) is 24.3 Å². The molecule has 4 heteroatoms. The third-order valence-electron chi connectivity index (χ3n) is 3.50. The van der Waals surface area contributed by atoms with Crippen molar-refractivity contribution < 1.29 is 14.3 Å². The first-order valence-corrected chi connectivity index (χ1v) is 7.67. The summed E-state index contributed by atoms with van der Waals surface area (Å²) in [5.41, 5.74) is 3.30. The van der Waals surface area contributed by atoms with E-state index < -0.39 is 0 Å². The number of rotatable bonds is 6. The summed E-state index contributed by atoms with van der Waals surface area (Å²) in [4.78, 5) is 24.2. The number of hydrogen-bond acceptors (Lipinski definition) is 3. The molecule has 1 amide bonds. The van der Waals surface area contributed by atoms with Crippen molar-refractivity contribution in [2.75, 3.05) is 11.9 Å². The molecule has 4 nitrogen and oxygen atoms in total. The highest BCUT2D eigenvalue weighted by atomic mass is 16.5. The van der Waals surface area contributed by atoms with Crippen LogP contribution >= 0.6 is 0 Å². The first-order chi connectivity index (χ1) is 11.4. The summed E-state index contributed by atoms with van der Waals surface area (Å²) in [5.74, 6) is 0.187. The lowest BCUT2D eigenvalue weighted by Gasteiger charge is -2.14. The molecule has 0 saturated heterocycles. The number of carbonyl (C=O) groups is 2. The van der Waals surface area contributed by atoms with E-state index in [0.29, 0.717) is 29.2 Å². The van der Waals surface area contributed by atoms with Crippen molar-refractivity contribution in [2.24, 2.45) is 0 Å². The van der Waals surface area contributed by atoms with Crippen molar-refractivity contribution in [1.29, 1.82) is 0 Å². The van der Waals surface area contributed by atoms with Crippen molar-refractivity contribution in [3.8, 4) is 5.75 Å². The smallest absolute Gasteiger partial charge is 0.256 e. The van der Waals surface area contributed by atoms with E-state index in [2.05, 4.69) is 11.9 Å². The zero-order chi connectivity index (χ0) is 17.7. The second-order valence-corrected chi connectivity index (χ2v) is 5.78. The van der Waals surface area contributed by atoms with Gasteiger partial charge < -0.3 is 10.1 Å². The summed E-state index contributed by atoms with van der Waals surface area (Å²) in [5, 5.41) is 2.84. The van der Waals surface area contributed by atoms with Crippen LogP contribution in [0.1, 0.15) is 40.1 Å². The van der Waals surface area contributed by atoms with Crippen LogP contribution in [0.25, 0.3) is 0 Å². The molecular formula is C20H21NO3. The maximum atomic E-state index is 12.5. The summed E-state index contributed by atoms with van der Waals surface area (Å²) < 4.78 is 5.67. The number of aryl methyl sites for hydroxylation is 1. The predicted molar refractivity (Wildman–Crippen MR) is 95.9 cm³/mol. The molecule has 0 spiro atoms. The standard InChI is InChI=1S/C20H21NO3/c1-13(2)12-24-19-10-9-16(15(4)22)11-18(19)21-20(23)17-8-6-5-7-14(17)3/h5-11H,1,12H2,2-4H3,(H,21,23). The summed E-state index contributed by atoms with van der Waals surface area (Å²) in [6.45, 7) is 9.35. The van der Waals surface area contributed by atoms with E-state index in [9.17, 15) is 9.59 Å². The van der Waals surface area contributed by atoms with Gasteiger partial charge >= 0.3 is 0 Å². The fourth-order valence-electron chi connectivity index (χ4n) is 2.19. The van der Waals surface area contributed by atoms with E-state index in [-0.39, 0.29) is 11.7 Å². The number of hydrogen-bond donors (Lipinski definition) is 1. The maximum absolute atomic E-state index is 12.5.